The van der Waals surface area contributed by atoms with Crippen LogP contribution in [-0.2, 0) is 6.54 Å². The average Bonchev–Trinajstić information content (AvgIpc) is 2.74. The van der Waals surface area contributed by atoms with Gasteiger partial charge in [-0.25, -0.2) is 4.39 Å². The van der Waals surface area contributed by atoms with Crippen molar-refractivity contribution in [3.63, 3.8) is 0 Å². The Hall–Kier alpha value is -3.92. The Morgan fingerprint density at radius 1 is 1.13 bits per heavy atom. The van der Waals surface area contributed by atoms with Crippen LogP contribution in [0.5, 0.6) is 11.6 Å². The monoisotopic (exact) mass is 420 g/mol. The molecule has 1 heterocycles. The smallest absolute Gasteiger partial charge is 0.271 e. The van der Waals surface area contributed by atoms with E-state index < -0.39 is 23.0 Å². The normalized spacial score (nSPS) is 10.5. The lowest BCUT2D eigenvalue weighted by Crippen LogP contribution is -2.28. The summed E-state index contributed by atoms with van der Waals surface area (Å²) in [5.74, 6) is -1.03. The standard InChI is InChI=1S/C24H21FN2O4/c1-14-5-4-6-21(15(14)2)31-13-20(28)22-16(3)19(11-26)23(29)27(24(22)30)12-17-7-9-18(25)10-8-17/h4-10,30H,12-13H2,1-3H3. The molecule has 6 nitrogen and oxygen atoms in total. The van der Waals surface area contributed by atoms with E-state index in [1.165, 1.54) is 31.2 Å². The molecule has 0 aliphatic rings. The molecular weight excluding hydrogens is 399 g/mol. The lowest BCUT2D eigenvalue weighted by Gasteiger charge is -2.16. The van der Waals surface area contributed by atoms with E-state index in [2.05, 4.69) is 0 Å². The highest BCUT2D eigenvalue weighted by molar-refractivity contribution is 6.01. The maximum absolute atomic E-state index is 13.2. The molecule has 0 spiro atoms. The number of hydrogen-bond acceptors (Lipinski definition) is 5. The molecular formula is C24H21FN2O4. The van der Waals surface area contributed by atoms with Crippen molar-refractivity contribution in [2.45, 2.75) is 27.3 Å². The van der Waals surface area contributed by atoms with Crippen molar-refractivity contribution in [2.24, 2.45) is 0 Å². The second kappa shape index (κ2) is 8.84. The van der Waals surface area contributed by atoms with Gasteiger partial charge in [0.15, 0.2) is 6.61 Å². The quantitative estimate of drug-likeness (QED) is 0.613. The number of aryl methyl sites for hydroxylation is 1. The predicted octanol–water partition coefficient (Wildman–Crippen LogP) is 3.80. The molecule has 0 atom stereocenters. The van der Waals surface area contributed by atoms with E-state index in [-0.39, 0.29) is 29.8 Å². The number of ketones is 1. The highest BCUT2D eigenvalue weighted by Gasteiger charge is 2.24. The Balaban J connectivity index is 2.00. The fourth-order valence-electron chi connectivity index (χ4n) is 3.30. The molecule has 158 valence electrons. The minimum absolute atomic E-state index is 0.0925. The number of carbonyl (C=O) groups excluding carboxylic acids is 1. The molecule has 3 rings (SSSR count). The number of halogens is 1. The number of ether oxygens (including phenoxy) is 1. The highest BCUT2D eigenvalue weighted by atomic mass is 19.1. The molecule has 0 saturated carbocycles. The summed E-state index contributed by atoms with van der Waals surface area (Å²) in [6, 6.07) is 12.6. The first-order valence-corrected chi connectivity index (χ1v) is 9.57. The van der Waals surface area contributed by atoms with Crippen molar-refractivity contribution < 1.29 is 19.0 Å². The van der Waals surface area contributed by atoms with Crippen molar-refractivity contribution in [3.8, 4) is 17.7 Å². The fourth-order valence-corrected chi connectivity index (χ4v) is 3.30. The molecule has 1 aromatic heterocycles. The minimum atomic E-state index is -0.728. The van der Waals surface area contributed by atoms with Crippen LogP contribution in [-0.4, -0.2) is 22.1 Å². The fraction of sp³-hybridized carbons (Fsp3) is 0.208. The third-order valence-corrected chi connectivity index (χ3v) is 5.25. The van der Waals surface area contributed by atoms with Crippen LogP contribution in [0.3, 0.4) is 0 Å². The van der Waals surface area contributed by atoms with Gasteiger partial charge >= 0.3 is 0 Å². The van der Waals surface area contributed by atoms with E-state index >= 15 is 0 Å². The molecule has 0 amide bonds. The van der Waals surface area contributed by atoms with Crippen molar-refractivity contribution in [2.75, 3.05) is 6.61 Å². The molecule has 0 aliphatic carbocycles. The molecule has 0 aliphatic heterocycles. The largest absolute Gasteiger partial charge is 0.494 e. The van der Waals surface area contributed by atoms with Crippen LogP contribution in [0.25, 0.3) is 0 Å². The van der Waals surface area contributed by atoms with Crippen LogP contribution < -0.4 is 10.3 Å². The van der Waals surface area contributed by atoms with E-state index in [1.807, 2.05) is 32.0 Å². The number of aromatic nitrogens is 1. The molecule has 3 aromatic rings. The van der Waals surface area contributed by atoms with Gasteiger partial charge in [-0.2, -0.15) is 5.26 Å². The van der Waals surface area contributed by atoms with Crippen LogP contribution >= 0.6 is 0 Å². The van der Waals surface area contributed by atoms with Gasteiger partial charge in [-0.3, -0.25) is 14.2 Å². The van der Waals surface area contributed by atoms with Crippen molar-refractivity contribution in [3.05, 3.63) is 92.0 Å². The Morgan fingerprint density at radius 3 is 2.45 bits per heavy atom. The first-order valence-electron chi connectivity index (χ1n) is 9.57. The Kier molecular flexibility index (Phi) is 6.21. The van der Waals surface area contributed by atoms with Crippen LogP contribution in [0.1, 0.15) is 38.2 Å². The van der Waals surface area contributed by atoms with E-state index in [9.17, 15) is 24.3 Å². The topological polar surface area (TPSA) is 92.3 Å². The number of carbonyl (C=O) groups is 1. The maximum atomic E-state index is 13.2. The second-order valence-electron chi connectivity index (χ2n) is 7.24. The van der Waals surface area contributed by atoms with Gasteiger partial charge in [-0.1, -0.05) is 24.3 Å². The van der Waals surface area contributed by atoms with Crippen molar-refractivity contribution >= 4 is 5.78 Å². The summed E-state index contributed by atoms with van der Waals surface area (Å²) in [5.41, 5.74) is 1.39. The van der Waals surface area contributed by atoms with Gasteiger partial charge < -0.3 is 9.84 Å². The molecule has 2 aromatic carbocycles. The zero-order valence-electron chi connectivity index (χ0n) is 17.4. The van der Waals surface area contributed by atoms with E-state index in [0.717, 1.165) is 15.7 Å². The number of hydrogen-bond donors (Lipinski definition) is 1. The summed E-state index contributed by atoms with van der Waals surface area (Å²) < 4.78 is 19.8. The summed E-state index contributed by atoms with van der Waals surface area (Å²) in [6.07, 6.45) is 0. The van der Waals surface area contributed by atoms with Crippen LogP contribution in [0, 0.1) is 37.9 Å². The van der Waals surface area contributed by atoms with E-state index in [4.69, 9.17) is 4.74 Å². The van der Waals surface area contributed by atoms with Gasteiger partial charge in [0.25, 0.3) is 5.56 Å². The van der Waals surface area contributed by atoms with Crippen molar-refractivity contribution in [1.29, 1.82) is 5.26 Å². The lowest BCUT2D eigenvalue weighted by molar-refractivity contribution is 0.0916. The zero-order chi connectivity index (χ0) is 22.7. The molecule has 0 bridgehead atoms. The third-order valence-electron chi connectivity index (χ3n) is 5.25. The summed E-state index contributed by atoms with van der Waals surface area (Å²) in [6.45, 7) is 4.72. The molecule has 31 heavy (non-hydrogen) atoms. The van der Waals surface area contributed by atoms with Crippen molar-refractivity contribution in [1.82, 2.24) is 4.57 Å². The van der Waals surface area contributed by atoms with E-state index in [0.29, 0.717) is 11.3 Å². The molecule has 0 saturated heterocycles. The van der Waals surface area contributed by atoms with Crippen LogP contribution in [0.15, 0.2) is 47.3 Å². The van der Waals surface area contributed by atoms with Gasteiger partial charge in [0.1, 0.15) is 23.2 Å². The summed E-state index contributed by atoms with van der Waals surface area (Å²) in [4.78, 5) is 25.6. The zero-order valence-corrected chi connectivity index (χ0v) is 17.4. The second-order valence-corrected chi connectivity index (χ2v) is 7.24. The number of nitrogens with zero attached hydrogens (tertiary/aromatic N) is 2. The molecule has 0 unspecified atom stereocenters. The first-order chi connectivity index (χ1) is 14.7. The number of Topliss-reactive ketones (excluding diaryl/α,β-unsaturated/α-hetero) is 1. The first kappa shape index (κ1) is 21.8. The number of rotatable bonds is 6. The summed E-state index contributed by atoms with van der Waals surface area (Å²) in [5, 5.41) is 20.2. The Morgan fingerprint density at radius 2 is 1.81 bits per heavy atom. The highest BCUT2D eigenvalue weighted by Crippen LogP contribution is 2.25. The lowest BCUT2D eigenvalue weighted by atomic mass is 10.0. The van der Waals surface area contributed by atoms with Crippen LogP contribution in [0.4, 0.5) is 4.39 Å². The number of aromatic hydroxyl groups is 1. The number of nitriles is 1. The Labute approximate surface area is 178 Å². The van der Waals surface area contributed by atoms with Gasteiger partial charge in [0.2, 0.25) is 11.7 Å². The molecule has 0 radical (unpaired) electrons. The minimum Gasteiger partial charge on any atom is -0.494 e. The van der Waals surface area contributed by atoms with Gasteiger partial charge in [0.05, 0.1) is 12.1 Å². The predicted molar refractivity (Wildman–Crippen MR) is 113 cm³/mol. The number of benzene rings is 2. The van der Waals surface area contributed by atoms with Gasteiger partial charge in [0, 0.05) is 0 Å². The maximum Gasteiger partial charge on any atom is 0.271 e. The Bertz CT molecular complexity index is 1250. The summed E-state index contributed by atoms with van der Waals surface area (Å²) >= 11 is 0. The third kappa shape index (κ3) is 4.33. The average molecular weight is 420 g/mol. The van der Waals surface area contributed by atoms with Crippen LogP contribution in [0.2, 0.25) is 0 Å². The SMILES string of the molecule is Cc1cccc(OCC(=O)c2c(C)c(C#N)c(=O)n(Cc3ccc(F)cc3)c2O)c1C. The molecule has 1 N–H and O–H groups in total. The molecule has 7 heteroatoms. The number of pyridine rings is 1. The summed E-state index contributed by atoms with van der Waals surface area (Å²) in [7, 11) is 0. The molecule has 0 fully saturated rings. The van der Waals surface area contributed by atoms with E-state index in [1.54, 1.807) is 6.07 Å². The van der Waals surface area contributed by atoms with Gasteiger partial charge in [-0.05, 0) is 61.2 Å². The van der Waals surface area contributed by atoms with Gasteiger partial charge in [-0.15, -0.1) is 0 Å².